The van der Waals surface area contributed by atoms with Gasteiger partial charge < -0.3 is 10.6 Å². The first kappa shape index (κ1) is 19.4. The molecule has 0 aliphatic carbocycles. The number of nitrogens with two attached hydrogens (primary N) is 2. The molecule has 29 heavy (non-hydrogen) atoms. The molecular weight excluding hydrogens is 377 g/mol. The van der Waals surface area contributed by atoms with Gasteiger partial charge in [0.2, 0.25) is 0 Å². The lowest BCUT2D eigenvalue weighted by Gasteiger charge is -2.47. The van der Waals surface area contributed by atoms with Crippen molar-refractivity contribution in [3.8, 4) is 0 Å². The second-order valence-corrected chi connectivity index (χ2v) is 6.99. The highest BCUT2D eigenvalue weighted by atomic mass is 19.4. The van der Waals surface area contributed by atoms with E-state index >= 15 is 0 Å². The maximum Gasteiger partial charge on any atom is 0.416 e. The maximum absolute atomic E-state index is 13.3. The molecule has 7 heteroatoms. The molecule has 3 aromatic rings. The molecule has 4 N–H and O–H groups in total. The number of halogens is 3. The maximum atomic E-state index is 13.3. The third-order valence-corrected chi connectivity index (χ3v) is 5.14. The molecule has 2 unspecified atom stereocenters. The Bertz CT molecular complexity index is 991. The number of anilines is 2. The topological polar surface area (TPSA) is 58.5 Å². The van der Waals surface area contributed by atoms with Crippen LogP contribution >= 0.6 is 0 Å². The molecule has 0 bridgehead atoms. The number of rotatable bonds is 3. The van der Waals surface area contributed by atoms with Gasteiger partial charge in [-0.3, -0.25) is 5.73 Å². The van der Waals surface area contributed by atoms with Crippen molar-refractivity contribution in [3.63, 3.8) is 0 Å². The Balaban J connectivity index is 1.79. The van der Waals surface area contributed by atoms with Crippen LogP contribution in [0.3, 0.4) is 0 Å². The highest BCUT2D eigenvalue weighted by Crippen LogP contribution is 2.41. The van der Waals surface area contributed by atoms with E-state index in [0.29, 0.717) is 17.9 Å². The number of alkyl halides is 3. The summed E-state index contributed by atoms with van der Waals surface area (Å²) in [6, 6.07) is 22.3. The molecule has 0 aromatic heterocycles. The van der Waals surface area contributed by atoms with Crippen LogP contribution in [-0.2, 0) is 12.7 Å². The van der Waals surface area contributed by atoms with Crippen LogP contribution in [0, 0.1) is 0 Å². The van der Waals surface area contributed by atoms with Gasteiger partial charge in [-0.05, 0) is 29.8 Å². The summed E-state index contributed by atoms with van der Waals surface area (Å²) in [6.07, 6.45) is -5.65. The lowest BCUT2D eigenvalue weighted by molar-refractivity contribution is -0.137. The molecule has 150 valence electrons. The smallest absolute Gasteiger partial charge is 0.312 e. The molecule has 4 rings (SSSR count). The van der Waals surface area contributed by atoms with Gasteiger partial charge in [-0.2, -0.15) is 13.2 Å². The summed E-state index contributed by atoms with van der Waals surface area (Å²) < 4.78 is 39.8. The fourth-order valence-corrected chi connectivity index (χ4v) is 3.70. The number of fused-ring (bicyclic) bond motifs is 1. The Hall–Kier alpha value is -2.87. The first-order valence-corrected chi connectivity index (χ1v) is 9.22. The van der Waals surface area contributed by atoms with Gasteiger partial charge in [-0.25, -0.2) is 4.90 Å². The third-order valence-electron chi connectivity index (χ3n) is 5.14. The van der Waals surface area contributed by atoms with Gasteiger partial charge in [0.15, 0.2) is 0 Å². The molecule has 3 aromatic carbocycles. The van der Waals surface area contributed by atoms with E-state index in [2.05, 4.69) is 0 Å². The Kier molecular flexibility index (Phi) is 5.04. The van der Waals surface area contributed by atoms with Crippen molar-refractivity contribution >= 4 is 11.4 Å². The SMILES string of the molecule is NC1c2ccccc2N(c2cccc(C(F)(F)F)c2)C(N)N1Cc1ccccc1. The fraction of sp³-hybridized carbons (Fsp3) is 0.182. The molecular formula is C22H21F3N4. The van der Waals surface area contributed by atoms with Crippen LogP contribution in [-0.4, -0.2) is 11.2 Å². The second-order valence-electron chi connectivity index (χ2n) is 6.99. The molecule has 0 saturated heterocycles. The van der Waals surface area contributed by atoms with E-state index in [1.54, 1.807) is 11.0 Å². The molecule has 0 saturated carbocycles. The minimum Gasteiger partial charge on any atom is -0.312 e. The molecule has 0 radical (unpaired) electrons. The van der Waals surface area contributed by atoms with Crippen molar-refractivity contribution in [3.05, 3.63) is 95.6 Å². The van der Waals surface area contributed by atoms with Crippen LogP contribution in [0.4, 0.5) is 24.5 Å². The Morgan fingerprint density at radius 3 is 2.24 bits per heavy atom. The number of hydrogen-bond donors (Lipinski definition) is 2. The van der Waals surface area contributed by atoms with E-state index in [1.165, 1.54) is 6.07 Å². The van der Waals surface area contributed by atoms with E-state index in [9.17, 15) is 13.2 Å². The summed E-state index contributed by atoms with van der Waals surface area (Å²) in [6.45, 7) is 0.465. The minimum atomic E-state index is -4.43. The summed E-state index contributed by atoms with van der Waals surface area (Å²) in [5.74, 6) is 0. The van der Waals surface area contributed by atoms with E-state index in [-0.39, 0.29) is 0 Å². The van der Waals surface area contributed by atoms with E-state index < -0.39 is 24.2 Å². The molecule has 4 nitrogen and oxygen atoms in total. The van der Waals surface area contributed by atoms with Crippen LogP contribution in [0.5, 0.6) is 0 Å². The predicted octanol–water partition coefficient (Wildman–Crippen LogP) is 4.56. The zero-order valence-electron chi connectivity index (χ0n) is 15.6. The van der Waals surface area contributed by atoms with Gasteiger partial charge in [-0.15, -0.1) is 0 Å². The van der Waals surface area contributed by atoms with Crippen LogP contribution < -0.4 is 16.4 Å². The highest BCUT2D eigenvalue weighted by Gasteiger charge is 2.37. The standard InChI is InChI=1S/C22H21F3N4/c23-22(24,25)16-9-6-10-17(13-16)29-19-12-5-4-11-18(19)20(26)28(21(29)27)14-15-7-2-1-3-8-15/h1-13,20-21H,14,26-27H2. The first-order chi connectivity index (χ1) is 13.9. The van der Waals surface area contributed by atoms with E-state index in [0.717, 1.165) is 23.3 Å². The first-order valence-electron chi connectivity index (χ1n) is 9.22. The predicted molar refractivity (Wildman–Crippen MR) is 107 cm³/mol. The summed E-state index contributed by atoms with van der Waals surface area (Å²) >= 11 is 0. The number of para-hydroxylation sites is 1. The molecule has 1 aliphatic rings. The zero-order valence-corrected chi connectivity index (χ0v) is 15.6. The number of nitrogens with zero attached hydrogens (tertiary/aromatic N) is 2. The van der Waals surface area contributed by atoms with Crippen LogP contribution in [0.2, 0.25) is 0 Å². The van der Waals surface area contributed by atoms with Crippen molar-refractivity contribution in [1.82, 2.24) is 4.90 Å². The largest absolute Gasteiger partial charge is 0.416 e. The van der Waals surface area contributed by atoms with Crippen LogP contribution in [0.15, 0.2) is 78.9 Å². The Morgan fingerprint density at radius 1 is 0.828 bits per heavy atom. The highest BCUT2D eigenvalue weighted by molar-refractivity contribution is 5.69. The molecule has 2 atom stereocenters. The molecule has 1 aliphatic heterocycles. The molecule has 0 amide bonds. The van der Waals surface area contributed by atoms with Crippen molar-refractivity contribution in [1.29, 1.82) is 0 Å². The van der Waals surface area contributed by atoms with Gasteiger partial charge in [0.25, 0.3) is 0 Å². The van der Waals surface area contributed by atoms with Crippen molar-refractivity contribution in [2.24, 2.45) is 11.5 Å². The van der Waals surface area contributed by atoms with Crippen molar-refractivity contribution < 1.29 is 13.2 Å². The van der Waals surface area contributed by atoms with Crippen molar-refractivity contribution in [2.45, 2.75) is 25.2 Å². The molecule has 0 fully saturated rings. The molecule has 1 heterocycles. The monoisotopic (exact) mass is 398 g/mol. The van der Waals surface area contributed by atoms with Crippen LogP contribution in [0.1, 0.15) is 22.9 Å². The van der Waals surface area contributed by atoms with Gasteiger partial charge >= 0.3 is 6.18 Å². The van der Waals surface area contributed by atoms with E-state index in [4.69, 9.17) is 11.5 Å². The minimum absolute atomic E-state index is 0.365. The lowest BCUT2D eigenvalue weighted by Crippen LogP contribution is -2.58. The van der Waals surface area contributed by atoms with Crippen molar-refractivity contribution in [2.75, 3.05) is 4.90 Å². The van der Waals surface area contributed by atoms with E-state index in [1.807, 2.05) is 59.5 Å². The lowest BCUT2D eigenvalue weighted by atomic mass is 10.0. The summed E-state index contributed by atoms with van der Waals surface area (Å²) in [7, 11) is 0. The number of hydrogen-bond acceptors (Lipinski definition) is 4. The quantitative estimate of drug-likeness (QED) is 0.679. The van der Waals surface area contributed by atoms with Gasteiger partial charge in [0.1, 0.15) is 6.29 Å². The average molecular weight is 398 g/mol. The summed E-state index contributed by atoms with van der Waals surface area (Å²) in [5, 5.41) is 0. The van der Waals surface area contributed by atoms with Gasteiger partial charge in [-0.1, -0.05) is 54.6 Å². The normalized spacial score (nSPS) is 19.8. The van der Waals surface area contributed by atoms with Crippen LogP contribution in [0.25, 0.3) is 0 Å². The van der Waals surface area contributed by atoms with Gasteiger partial charge in [0, 0.05) is 23.5 Å². The zero-order chi connectivity index (χ0) is 20.6. The van der Waals surface area contributed by atoms with Gasteiger partial charge in [0.05, 0.1) is 11.7 Å². The Labute approximate surface area is 167 Å². The molecule has 0 spiro atoms. The summed E-state index contributed by atoms with van der Waals surface area (Å²) in [4.78, 5) is 3.58. The summed E-state index contributed by atoms with van der Waals surface area (Å²) in [5.41, 5.74) is 15.2. The number of benzene rings is 3. The fourth-order valence-electron chi connectivity index (χ4n) is 3.70. The Morgan fingerprint density at radius 2 is 1.52 bits per heavy atom. The second kappa shape index (κ2) is 7.51. The third kappa shape index (κ3) is 3.72. The average Bonchev–Trinajstić information content (AvgIpc) is 2.72.